The molecule has 0 aromatic carbocycles. The Kier molecular flexibility index (Phi) is 5.53. The molecule has 0 aromatic heterocycles. The lowest BCUT2D eigenvalue weighted by atomic mass is 10.1. The van der Waals surface area contributed by atoms with Crippen LogP contribution in [0.4, 0.5) is 0 Å². The van der Waals surface area contributed by atoms with Gasteiger partial charge >= 0.3 is 0 Å². The van der Waals surface area contributed by atoms with Crippen molar-refractivity contribution in [1.29, 1.82) is 0 Å². The van der Waals surface area contributed by atoms with Gasteiger partial charge in [0.25, 0.3) is 0 Å². The van der Waals surface area contributed by atoms with Crippen LogP contribution in [-0.4, -0.2) is 37.1 Å². The van der Waals surface area contributed by atoms with Gasteiger partial charge in [0.15, 0.2) is 0 Å². The predicted octanol–water partition coefficient (Wildman–Crippen LogP) is 2.95. The lowest BCUT2D eigenvalue weighted by molar-refractivity contribution is 0.265. The molecule has 1 aliphatic heterocycles. The van der Waals surface area contributed by atoms with Crippen LogP contribution in [0.1, 0.15) is 51.9 Å². The standard InChI is InChI=1S/C15H28N2/c1-2-6-15-13-17(11-5-10-16-15)12-9-14-7-3-4-8-14/h7,15-16H,2-6,8-13H2,1H3. The fraction of sp³-hybridized carbons (Fsp3) is 0.867. The molecular weight excluding hydrogens is 208 g/mol. The maximum absolute atomic E-state index is 3.68. The van der Waals surface area contributed by atoms with Crippen LogP contribution in [0.5, 0.6) is 0 Å². The molecule has 1 atom stereocenters. The van der Waals surface area contributed by atoms with E-state index in [1.54, 1.807) is 5.57 Å². The molecular formula is C15H28N2. The first kappa shape index (κ1) is 13.1. The molecule has 98 valence electrons. The third-order valence-corrected chi connectivity index (χ3v) is 4.08. The van der Waals surface area contributed by atoms with Gasteiger partial charge in [-0.1, -0.05) is 25.0 Å². The molecule has 1 unspecified atom stereocenters. The van der Waals surface area contributed by atoms with Crippen molar-refractivity contribution in [1.82, 2.24) is 10.2 Å². The van der Waals surface area contributed by atoms with Crippen LogP contribution < -0.4 is 5.32 Å². The Morgan fingerprint density at radius 1 is 1.41 bits per heavy atom. The molecule has 2 aliphatic rings. The molecule has 0 saturated carbocycles. The van der Waals surface area contributed by atoms with Crippen LogP contribution in [0.2, 0.25) is 0 Å². The maximum atomic E-state index is 3.68. The summed E-state index contributed by atoms with van der Waals surface area (Å²) in [6.07, 6.45) is 11.8. The average Bonchev–Trinajstić information content (AvgIpc) is 2.75. The molecule has 1 saturated heterocycles. The van der Waals surface area contributed by atoms with Gasteiger partial charge in [0.1, 0.15) is 0 Å². The van der Waals surface area contributed by atoms with E-state index in [4.69, 9.17) is 0 Å². The molecule has 2 heteroatoms. The van der Waals surface area contributed by atoms with Crippen molar-refractivity contribution in [2.24, 2.45) is 0 Å². The molecule has 1 heterocycles. The van der Waals surface area contributed by atoms with Crippen LogP contribution >= 0.6 is 0 Å². The van der Waals surface area contributed by atoms with Gasteiger partial charge in [-0.25, -0.2) is 0 Å². The zero-order valence-electron chi connectivity index (χ0n) is 11.4. The molecule has 0 spiro atoms. The molecule has 1 fully saturated rings. The monoisotopic (exact) mass is 236 g/mol. The summed E-state index contributed by atoms with van der Waals surface area (Å²) in [5.74, 6) is 0. The van der Waals surface area contributed by atoms with Crippen LogP contribution in [0.3, 0.4) is 0 Å². The predicted molar refractivity (Wildman–Crippen MR) is 74.3 cm³/mol. The van der Waals surface area contributed by atoms with Crippen LogP contribution in [-0.2, 0) is 0 Å². The van der Waals surface area contributed by atoms with Gasteiger partial charge in [-0.05, 0) is 51.6 Å². The Hall–Kier alpha value is -0.340. The first-order chi connectivity index (χ1) is 8.38. The van der Waals surface area contributed by atoms with Gasteiger partial charge in [-0.2, -0.15) is 0 Å². The summed E-state index contributed by atoms with van der Waals surface area (Å²) in [6.45, 7) is 7.35. The lowest BCUT2D eigenvalue weighted by Crippen LogP contribution is -2.38. The Labute approximate surface area is 106 Å². The third-order valence-electron chi connectivity index (χ3n) is 4.08. The summed E-state index contributed by atoms with van der Waals surface area (Å²) < 4.78 is 0. The minimum Gasteiger partial charge on any atom is -0.313 e. The summed E-state index contributed by atoms with van der Waals surface area (Å²) >= 11 is 0. The Balaban J connectivity index is 1.73. The molecule has 0 radical (unpaired) electrons. The van der Waals surface area contributed by atoms with Crippen molar-refractivity contribution < 1.29 is 0 Å². The van der Waals surface area contributed by atoms with E-state index in [-0.39, 0.29) is 0 Å². The fourth-order valence-corrected chi connectivity index (χ4v) is 3.09. The second-order valence-electron chi connectivity index (χ2n) is 5.60. The topological polar surface area (TPSA) is 15.3 Å². The highest BCUT2D eigenvalue weighted by atomic mass is 15.2. The molecule has 0 bridgehead atoms. The van der Waals surface area contributed by atoms with E-state index < -0.39 is 0 Å². The number of hydrogen-bond acceptors (Lipinski definition) is 2. The molecule has 2 rings (SSSR count). The van der Waals surface area contributed by atoms with E-state index in [1.807, 2.05) is 0 Å². The van der Waals surface area contributed by atoms with Crippen molar-refractivity contribution in [3.8, 4) is 0 Å². The normalized spacial score (nSPS) is 26.9. The van der Waals surface area contributed by atoms with Gasteiger partial charge in [0.2, 0.25) is 0 Å². The SMILES string of the molecule is CCCC1CN(CCC2=CCCC2)CCCN1. The Morgan fingerprint density at radius 2 is 2.35 bits per heavy atom. The maximum Gasteiger partial charge on any atom is 0.0194 e. The Morgan fingerprint density at radius 3 is 3.12 bits per heavy atom. The highest BCUT2D eigenvalue weighted by Gasteiger charge is 2.17. The second kappa shape index (κ2) is 7.17. The molecule has 1 aliphatic carbocycles. The largest absolute Gasteiger partial charge is 0.313 e. The summed E-state index contributed by atoms with van der Waals surface area (Å²) in [5.41, 5.74) is 1.72. The van der Waals surface area contributed by atoms with Gasteiger partial charge in [0, 0.05) is 19.1 Å². The van der Waals surface area contributed by atoms with Gasteiger partial charge < -0.3 is 10.2 Å². The molecule has 0 aromatic rings. The highest BCUT2D eigenvalue weighted by molar-refractivity contribution is 5.07. The minimum atomic E-state index is 0.736. The number of nitrogens with one attached hydrogen (secondary N) is 1. The number of allylic oxidation sites excluding steroid dienone is 1. The van der Waals surface area contributed by atoms with Crippen molar-refractivity contribution in [3.05, 3.63) is 11.6 Å². The minimum absolute atomic E-state index is 0.736. The molecule has 17 heavy (non-hydrogen) atoms. The first-order valence-electron chi connectivity index (χ1n) is 7.52. The molecule has 1 N–H and O–H groups in total. The summed E-state index contributed by atoms with van der Waals surface area (Å²) in [7, 11) is 0. The van der Waals surface area contributed by atoms with E-state index in [9.17, 15) is 0 Å². The van der Waals surface area contributed by atoms with E-state index in [0.29, 0.717) is 0 Å². The van der Waals surface area contributed by atoms with Crippen LogP contribution in [0.25, 0.3) is 0 Å². The summed E-state index contributed by atoms with van der Waals surface area (Å²) in [4.78, 5) is 2.68. The van der Waals surface area contributed by atoms with Crippen molar-refractivity contribution in [3.63, 3.8) is 0 Å². The van der Waals surface area contributed by atoms with Crippen molar-refractivity contribution >= 4 is 0 Å². The highest BCUT2D eigenvalue weighted by Crippen LogP contribution is 2.21. The lowest BCUT2D eigenvalue weighted by Gasteiger charge is -2.24. The fourth-order valence-electron chi connectivity index (χ4n) is 3.09. The zero-order valence-corrected chi connectivity index (χ0v) is 11.4. The van der Waals surface area contributed by atoms with Crippen LogP contribution in [0.15, 0.2) is 11.6 Å². The number of nitrogens with zero attached hydrogens (tertiary/aromatic N) is 1. The van der Waals surface area contributed by atoms with Crippen LogP contribution in [0, 0.1) is 0 Å². The number of rotatable bonds is 5. The number of hydrogen-bond donors (Lipinski definition) is 1. The van der Waals surface area contributed by atoms with Crippen molar-refractivity contribution in [2.45, 2.75) is 57.9 Å². The van der Waals surface area contributed by atoms with Crippen molar-refractivity contribution in [2.75, 3.05) is 26.2 Å². The van der Waals surface area contributed by atoms with Gasteiger partial charge in [0.05, 0.1) is 0 Å². The van der Waals surface area contributed by atoms with E-state index in [2.05, 4.69) is 23.2 Å². The zero-order chi connectivity index (χ0) is 11.9. The van der Waals surface area contributed by atoms with E-state index >= 15 is 0 Å². The molecule has 0 amide bonds. The van der Waals surface area contributed by atoms with Gasteiger partial charge in [-0.15, -0.1) is 0 Å². The van der Waals surface area contributed by atoms with E-state index in [1.165, 1.54) is 71.1 Å². The Bertz CT molecular complexity index is 247. The third kappa shape index (κ3) is 4.44. The summed E-state index contributed by atoms with van der Waals surface area (Å²) in [5, 5.41) is 3.68. The quantitative estimate of drug-likeness (QED) is 0.738. The van der Waals surface area contributed by atoms with E-state index in [0.717, 1.165) is 6.04 Å². The molecule has 2 nitrogen and oxygen atoms in total. The first-order valence-corrected chi connectivity index (χ1v) is 7.52. The summed E-state index contributed by atoms with van der Waals surface area (Å²) in [6, 6.07) is 0.736. The van der Waals surface area contributed by atoms with Gasteiger partial charge in [-0.3, -0.25) is 0 Å². The average molecular weight is 236 g/mol. The second-order valence-corrected chi connectivity index (χ2v) is 5.60. The smallest absolute Gasteiger partial charge is 0.0194 e.